The first-order valence-electron chi connectivity index (χ1n) is 0.667. The molecule has 9 heavy (non-hydrogen) atoms. The zero-order valence-electron chi connectivity index (χ0n) is 4.00. The van der Waals surface area contributed by atoms with Crippen molar-refractivity contribution >= 4 is 34.3 Å². The maximum absolute atomic E-state index is 8.52. The minimum Gasteiger partial charge on any atom is -1.00 e. The summed E-state index contributed by atoms with van der Waals surface area (Å²) in [6.45, 7) is 0. The van der Waals surface area contributed by atoms with Gasteiger partial charge in [0.1, 0.15) is 0 Å². The Morgan fingerprint density at radius 2 is 1.00 bits per heavy atom. The molecule has 0 bridgehead atoms. The fourth-order valence-corrected chi connectivity index (χ4v) is 0. The van der Waals surface area contributed by atoms with Crippen LogP contribution in [0.1, 0.15) is 0 Å². The van der Waals surface area contributed by atoms with Crippen LogP contribution in [0.4, 0.5) is 0 Å². The van der Waals surface area contributed by atoms with Crippen LogP contribution >= 0.6 is 0 Å². The molecule has 0 spiro atoms. The molecule has 0 amide bonds. The van der Waals surface area contributed by atoms with Gasteiger partial charge in [-0.05, 0) is 0 Å². The molecule has 4 nitrogen and oxygen atoms in total. The summed E-state index contributed by atoms with van der Waals surface area (Å²) in [7, 11) is -5.17. The number of hydrogen-bond acceptors (Lipinski definition) is 4. The Bertz CT molecular complexity index is 102. The van der Waals surface area contributed by atoms with E-state index in [1.807, 2.05) is 0 Å². The summed E-state index contributed by atoms with van der Waals surface area (Å²) in [5.74, 6) is 0. The summed E-state index contributed by atoms with van der Waals surface area (Å²) in [6, 6.07) is 0. The average Bonchev–Trinajstić information content (AvgIpc) is 0.722. The molecule has 0 saturated carbocycles. The molecule has 0 saturated heterocycles. The molecule has 9 heteroatoms. The van der Waals surface area contributed by atoms with Crippen LogP contribution in [0.2, 0.25) is 0 Å². The Morgan fingerprint density at radius 3 is 1.00 bits per heavy atom. The second-order valence-electron chi connectivity index (χ2n) is 0.408. The quantitative estimate of drug-likeness (QED) is 0.231. The van der Waals surface area contributed by atoms with Crippen molar-refractivity contribution in [3.8, 4) is 0 Å². The van der Waals surface area contributed by atoms with Gasteiger partial charge in [0.05, 0.1) is 0 Å². The molecule has 0 aliphatic rings. The van der Waals surface area contributed by atoms with E-state index >= 15 is 0 Å². The van der Waals surface area contributed by atoms with Crippen LogP contribution in [-0.4, -0.2) is 41.4 Å². The molecule has 0 aromatic heterocycles. The Kier molecular flexibility index (Phi) is 43.2. The maximum atomic E-state index is 8.52. The predicted octanol–water partition coefficient (Wildman–Crippen LogP) is -7.71. The maximum Gasteiger partial charge on any atom is 2.00 e. The van der Waals surface area contributed by atoms with E-state index in [-0.39, 0.29) is 76.0 Å². The Balaban J connectivity index is -0.0000000133. The van der Waals surface area contributed by atoms with E-state index in [0.717, 1.165) is 0 Å². The van der Waals surface area contributed by atoms with Crippen molar-refractivity contribution in [3.63, 3.8) is 0 Å². The van der Waals surface area contributed by atoms with Crippen LogP contribution in [0.5, 0.6) is 0 Å². The van der Waals surface area contributed by atoms with E-state index in [1.165, 1.54) is 0 Å². The molecule has 0 heterocycles. The molecule has 2 radical (unpaired) electrons. The van der Waals surface area contributed by atoms with Crippen molar-refractivity contribution in [2.75, 3.05) is 0 Å². The van der Waals surface area contributed by atoms with Gasteiger partial charge in [-0.15, -0.1) is 0 Å². The van der Waals surface area contributed by atoms with E-state index in [2.05, 4.69) is 0 Å². The van der Waals surface area contributed by atoms with Gasteiger partial charge in [0, 0.05) is 10.4 Å². The Hall–Kier alpha value is 2.17. The summed E-state index contributed by atoms with van der Waals surface area (Å²) in [6.07, 6.45) is 0. The van der Waals surface area contributed by atoms with Crippen LogP contribution in [-0.2, 0) is 37.7 Å². The van der Waals surface area contributed by atoms with E-state index < -0.39 is 10.4 Å². The van der Waals surface area contributed by atoms with E-state index in [1.54, 1.807) is 0 Å². The van der Waals surface area contributed by atoms with Crippen LogP contribution in [0, 0.1) is 0 Å². The van der Waals surface area contributed by atoms with Crippen molar-refractivity contribution in [2.45, 2.75) is 0 Å². The monoisotopic (exact) mass is 400 g/mol. The minimum absolute atomic E-state index is 0. The predicted molar refractivity (Wildman–Crippen MR) is 16.2 cm³/mol. The van der Waals surface area contributed by atoms with Crippen LogP contribution in [0.3, 0.4) is 0 Å². The standard InChI is InChI=1S/Cd.2ClH.H2O4S.Sn/c;;;1-5(2,3)4;/h;2*1H;(H2,1,2,3,4);/q+2;;;;+2/p-4. The molecule has 0 N–H and O–H groups in total. The molecule has 0 aromatic rings. The van der Waals surface area contributed by atoms with Gasteiger partial charge in [0.2, 0.25) is 0 Å². The molecule has 0 atom stereocenters. The molecule has 0 fully saturated rings. The van der Waals surface area contributed by atoms with Crippen molar-refractivity contribution in [1.29, 1.82) is 0 Å². The van der Waals surface area contributed by atoms with Gasteiger partial charge in [-0.25, -0.2) is 0 Å². The zero-order chi connectivity index (χ0) is 4.50. The van der Waals surface area contributed by atoms with Crippen molar-refractivity contribution in [3.05, 3.63) is 0 Å². The van der Waals surface area contributed by atoms with Gasteiger partial charge in [0.15, 0.2) is 0 Å². The molecule has 0 aromatic carbocycles. The van der Waals surface area contributed by atoms with Crippen LogP contribution in [0.15, 0.2) is 0 Å². The third-order valence-corrected chi connectivity index (χ3v) is 0. The molecule has 0 unspecified atom stereocenters. The van der Waals surface area contributed by atoms with Gasteiger partial charge in [-0.2, -0.15) is 0 Å². The van der Waals surface area contributed by atoms with Crippen molar-refractivity contribution in [1.82, 2.24) is 0 Å². The van der Waals surface area contributed by atoms with Crippen molar-refractivity contribution < 1.29 is 69.6 Å². The molecular formula is CdCl2O4SSn. The zero-order valence-corrected chi connectivity index (χ0v) is 13.2. The summed E-state index contributed by atoms with van der Waals surface area (Å²) in [5.41, 5.74) is 0. The fraction of sp³-hybridized carbons (Fsp3) is 0. The third kappa shape index (κ3) is 144. The molecule has 0 aliphatic heterocycles. The Morgan fingerprint density at radius 1 is 1.00 bits per heavy atom. The second kappa shape index (κ2) is 12.8. The summed E-state index contributed by atoms with van der Waals surface area (Å²) in [4.78, 5) is 0. The van der Waals surface area contributed by atoms with Gasteiger partial charge in [-0.3, -0.25) is 8.42 Å². The smallest absolute Gasteiger partial charge is 1.00 e. The number of rotatable bonds is 0. The van der Waals surface area contributed by atoms with E-state index in [0.29, 0.717) is 0 Å². The largest absolute Gasteiger partial charge is 2.00 e. The van der Waals surface area contributed by atoms with Gasteiger partial charge in [-0.1, -0.05) is 0 Å². The normalized spacial score (nSPS) is 6.44. The fourth-order valence-electron chi connectivity index (χ4n) is 0. The molecule has 0 aliphatic carbocycles. The average molecular weight is 398 g/mol. The molecular weight excluding hydrogens is 398 g/mol. The minimum atomic E-state index is -5.17. The number of hydrogen-bond donors (Lipinski definition) is 0. The molecule has 50 valence electrons. The second-order valence-corrected chi connectivity index (χ2v) is 1.22. The first-order valence-corrected chi connectivity index (χ1v) is 2.00. The topological polar surface area (TPSA) is 80.3 Å². The summed E-state index contributed by atoms with van der Waals surface area (Å²) < 4.78 is 34.1. The van der Waals surface area contributed by atoms with Crippen LogP contribution in [0.25, 0.3) is 0 Å². The van der Waals surface area contributed by atoms with Gasteiger partial charge in [0.25, 0.3) is 0 Å². The Labute approximate surface area is 103 Å². The first kappa shape index (κ1) is 30.3. The summed E-state index contributed by atoms with van der Waals surface area (Å²) in [5, 5.41) is 0. The summed E-state index contributed by atoms with van der Waals surface area (Å²) >= 11 is 0. The first-order chi connectivity index (χ1) is 2.00. The van der Waals surface area contributed by atoms with Gasteiger partial charge >= 0.3 is 51.2 Å². The molecule has 0 rings (SSSR count). The van der Waals surface area contributed by atoms with E-state index in [9.17, 15) is 0 Å². The van der Waals surface area contributed by atoms with Crippen molar-refractivity contribution in [2.24, 2.45) is 0 Å². The number of halogens is 2. The van der Waals surface area contributed by atoms with Crippen LogP contribution < -0.4 is 24.8 Å². The van der Waals surface area contributed by atoms with Gasteiger partial charge < -0.3 is 33.9 Å². The third-order valence-electron chi connectivity index (χ3n) is 0. The van der Waals surface area contributed by atoms with E-state index in [4.69, 9.17) is 17.5 Å². The SMILES string of the molecule is O=S(=O)([O-])[O-].[Cd+2].[Cl-].[Cl-].[Sn+2].